The van der Waals surface area contributed by atoms with Gasteiger partial charge < -0.3 is 15.0 Å². The van der Waals surface area contributed by atoms with Crippen molar-refractivity contribution < 1.29 is 4.74 Å². The molecule has 2 heterocycles. The molecule has 0 saturated carbocycles. The summed E-state index contributed by atoms with van der Waals surface area (Å²) in [5.74, 6) is 3.03. The highest BCUT2D eigenvalue weighted by molar-refractivity contribution is 14.0. The molecule has 0 amide bonds. The number of guanidine groups is 1. The van der Waals surface area contributed by atoms with E-state index in [1.807, 2.05) is 0 Å². The van der Waals surface area contributed by atoms with Gasteiger partial charge in [0, 0.05) is 50.3 Å². The molecule has 1 unspecified atom stereocenters. The number of aliphatic imine (C=N–C) groups is 1. The van der Waals surface area contributed by atoms with Crippen LogP contribution in [-0.2, 0) is 4.74 Å². The fourth-order valence-corrected chi connectivity index (χ4v) is 4.12. The van der Waals surface area contributed by atoms with Gasteiger partial charge in [0.05, 0.1) is 19.8 Å². The van der Waals surface area contributed by atoms with Crippen LogP contribution in [0.1, 0.15) is 20.8 Å². The number of thioether (sulfide) groups is 1. The molecule has 7 heteroatoms. The predicted molar refractivity (Wildman–Crippen MR) is 111 cm³/mol. The van der Waals surface area contributed by atoms with Gasteiger partial charge in [-0.15, -0.1) is 24.0 Å². The maximum Gasteiger partial charge on any atom is 0.194 e. The molecule has 2 fully saturated rings. The second kappa shape index (κ2) is 11.8. The number of hydrogen-bond acceptors (Lipinski definition) is 4. The Labute approximate surface area is 163 Å². The second-order valence-electron chi connectivity index (χ2n) is 6.29. The smallest absolute Gasteiger partial charge is 0.194 e. The lowest BCUT2D eigenvalue weighted by molar-refractivity contribution is 0.0394. The quantitative estimate of drug-likeness (QED) is 0.389. The molecule has 0 bridgehead atoms. The van der Waals surface area contributed by atoms with Gasteiger partial charge in [0.15, 0.2) is 5.96 Å². The SMILES string of the molecule is CCNC(=NCCN1CCOCC1)N1CCSC(C(C)C)C1.I. The fraction of sp³-hybridized carbons (Fsp3) is 0.938. The number of nitrogens with one attached hydrogen (secondary N) is 1. The summed E-state index contributed by atoms with van der Waals surface area (Å²) in [6.07, 6.45) is 0. The van der Waals surface area contributed by atoms with E-state index in [1.165, 1.54) is 5.75 Å². The first-order chi connectivity index (χ1) is 10.7. The molecular formula is C16H33IN4OS. The Morgan fingerprint density at radius 1 is 1.30 bits per heavy atom. The Morgan fingerprint density at radius 3 is 2.70 bits per heavy atom. The van der Waals surface area contributed by atoms with Crippen LogP contribution in [-0.4, -0.2) is 85.8 Å². The molecular weight excluding hydrogens is 423 g/mol. The van der Waals surface area contributed by atoms with Crippen LogP contribution in [0.4, 0.5) is 0 Å². The number of morpholine rings is 1. The van der Waals surface area contributed by atoms with Crippen molar-refractivity contribution in [2.24, 2.45) is 10.9 Å². The maximum atomic E-state index is 5.39. The Balaban J connectivity index is 0.00000264. The van der Waals surface area contributed by atoms with Crippen molar-refractivity contribution in [3.05, 3.63) is 0 Å². The van der Waals surface area contributed by atoms with Crippen LogP contribution < -0.4 is 5.32 Å². The maximum absolute atomic E-state index is 5.39. The minimum atomic E-state index is 0. The molecule has 23 heavy (non-hydrogen) atoms. The van der Waals surface area contributed by atoms with Crippen molar-refractivity contribution in [1.82, 2.24) is 15.1 Å². The second-order valence-corrected chi connectivity index (χ2v) is 7.64. The number of ether oxygens (including phenoxy) is 1. The van der Waals surface area contributed by atoms with E-state index in [9.17, 15) is 0 Å². The van der Waals surface area contributed by atoms with Gasteiger partial charge in [0.2, 0.25) is 0 Å². The average molecular weight is 456 g/mol. The van der Waals surface area contributed by atoms with Crippen LogP contribution >= 0.6 is 35.7 Å². The van der Waals surface area contributed by atoms with Gasteiger partial charge in [-0.05, 0) is 12.8 Å². The molecule has 2 rings (SSSR count). The first kappa shape index (κ1) is 21.3. The molecule has 0 aromatic heterocycles. The number of halogens is 1. The molecule has 2 aliphatic rings. The third-order valence-corrected chi connectivity index (χ3v) is 5.79. The standard InChI is InChI=1S/C16H32N4OS.HI/c1-4-17-16(18-5-6-19-7-10-21-11-8-19)20-9-12-22-15(13-20)14(2)3;/h14-15H,4-13H2,1-3H3,(H,17,18);1H. The first-order valence-corrected chi connectivity index (χ1v) is 9.70. The summed E-state index contributed by atoms with van der Waals surface area (Å²) in [5.41, 5.74) is 0. The Kier molecular flexibility index (Phi) is 10.9. The predicted octanol–water partition coefficient (Wildman–Crippen LogP) is 1.98. The number of nitrogens with zero attached hydrogens (tertiary/aromatic N) is 3. The average Bonchev–Trinajstić information content (AvgIpc) is 2.55. The Hall–Kier alpha value is 0.270. The van der Waals surface area contributed by atoms with E-state index >= 15 is 0 Å². The summed E-state index contributed by atoms with van der Waals surface area (Å²) >= 11 is 2.11. The Morgan fingerprint density at radius 2 is 2.04 bits per heavy atom. The van der Waals surface area contributed by atoms with E-state index in [4.69, 9.17) is 9.73 Å². The molecule has 1 N–H and O–H groups in total. The highest BCUT2D eigenvalue weighted by Crippen LogP contribution is 2.24. The molecule has 0 aliphatic carbocycles. The molecule has 2 saturated heterocycles. The topological polar surface area (TPSA) is 40.1 Å². The zero-order valence-corrected chi connectivity index (χ0v) is 17.9. The van der Waals surface area contributed by atoms with Gasteiger partial charge in [0.1, 0.15) is 0 Å². The summed E-state index contributed by atoms with van der Waals surface area (Å²) < 4.78 is 5.39. The van der Waals surface area contributed by atoms with E-state index in [2.05, 4.69) is 47.6 Å². The highest BCUT2D eigenvalue weighted by atomic mass is 127. The van der Waals surface area contributed by atoms with Gasteiger partial charge in [-0.2, -0.15) is 11.8 Å². The molecule has 5 nitrogen and oxygen atoms in total. The molecule has 0 radical (unpaired) electrons. The van der Waals surface area contributed by atoms with Gasteiger partial charge in [-0.25, -0.2) is 0 Å². The van der Waals surface area contributed by atoms with E-state index in [-0.39, 0.29) is 24.0 Å². The molecule has 136 valence electrons. The minimum Gasteiger partial charge on any atom is -0.379 e. The summed E-state index contributed by atoms with van der Waals surface area (Å²) in [7, 11) is 0. The van der Waals surface area contributed by atoms with Crippen LogP contribution in [0, 0.1) is 5.92 Å². The van der Waals surface area contributed by atoms with Gasteiger partial charge in [0.25, 0.3) is 0 Å². The lowest BCUT2D eigenvalue weighted by Gasteiger charge is -2.36. The molecule has 0 spiro atoms. The summed E-state index contributed by atoms with van der Waals surface area (Å²) in [4.78, 5) is 9.76. The lowest BCUT2D eigenvalue weighted by Crippen LogP contribution is -2.49. The van der Waals surface area contributed by atoms with Crippen LogP contribution in [0.3, 0.4) is 0 Å². The van der Waals surface area contributed by atoms with Crippen LogP contribution in [0.2, 0.25) is 0 Å². The third kappa shape index (κ3) is 7.36. The lowest BCUT2D eigenvalue weighted by atomic mass is 10.1. The van der Waals surface area contributed by atoms with Gasteiger partial charge in [-0.3, -0.25) is 9.89 Å². The van der Waals surface area contributed by atoms with E-state index in [0.717, 1.165) is 76.2 Å². The number of hydrogen-bond donors (Lipinski definition) is 1. The van der Waals surface area contributed by atoms with Crippen LogP contribution in [0.5, 0.6) is 0 Å². The summed E-state index contributed by atoms with van der Waals surface area (Å²) in [5, 5.41) is 4.19. The zero-order chi connectivity index (χ0) is 15.8. The van der Waals surface area contributed by atoms with Crippen molar-refractivity contribution >= 4 is 41.7 Å². The van der Waals surface area contributed by atoms with Crippen molar-refractivity contribution in [3.63, 3.8) is 0 Å². The van der Waals surface area contributed by atoms with Crippen molar-refractivity contribution in [2.75, 3.05) is 64.8 Å². The first-order valence-electron chi connectivity index (χ1n) is 8.65. The monoisotopic (exact) mass is 456 g/mol. The molecule has 2 aliphatic heterocycles. The minimum absolute atomic E-state index is 0. The largest absolute Gasteiger partial charge is 0.379 e. The van der Waals surface area contributed by atoms with E-state index < -0.39 is 0 Å². The normalized spacial score (nSPS) is 23.7. The van der Waals surface area contributed by atoms with E-state index in [1.54, 1.807) is 0 Å². The van der Waals surface area contributed by atoms with Crippen molar-refractivity contribution in [1.29, 1.82) is 0 Å². The Bertz CT molecular complexity index is 351. The van der Waals surface area contributed by atoms with E-state index in [0.29, 0.717) is 0 Å². The highest BCUT2D eigenvalue weighted by Gasteiger charge is 2.24. The molecule has 0 aromatic carbocycles. The zero-order valence-electron chi connectivity index (χ0n) is 14.8. The fourth-order valence-electron chi connectivity index (χ4n) is 2.82. The van der Waals surface area contributed by atoms with Crippen molar-refractivity contribution in [3.8, 4) is 0 Å². The van der Waals surface area contributed by atoms with Crippen LogP contribution in [0.15, 0.2) is 4.99 Å². The third-order valence-electron chi connectivity index (χ3n) is 4.25. The summed E-state index contributed by atoms with van der Waals surface area (Å²) in [6.45, 7) is 15.7. The van der Waals surface area contributed by atoms with Crippen molar-refractivity contribution in [2.45, 2.75) is 26.0 Å². The summed E-state index contributed by atoms with van der Waals surface area (Å²) in [6, 6.07) is 0. The molecule has 0 aromatic rings. The van der Waals surface area contributed by atoms with Gasteiger partial charge in [-0.1, -0.05) is 13.8 Å². The molecule has 1 atom stereocenters. The number of rotatable bonds is 5. The van der Waals surface area contributed by atoms with Crippen LogP contribution in [0.25, 0.3) is 0 Å². The van der Waals surface area contributed by atoms with Gasteiger partial charge >= 0.3 is 0 Å².